The Kier molecular flexibility index (Phi) is 4.90. The lowest BCUT2D eigenvalue weighted by atomic mass is 10.1. The number of hydrogen-bond acceptors (Lipinski definition) is 3. The van der Waals surface area contributed by atoms with E-state index in [2.05, 4.69) is 10.6 Å². The third kappa shape index (κ3) is 5.55. The van der Waals surface area contributed by atoms with Gasteiger partial charge in [-0.25, -0.2) is 14.0 Å². The van der Waals surface area contributed by atoms with Crippen molar-refractivity contribution in [3.05, 3.63) is 29.6 Å². The van der Waals surface area contributed by atoms with Crippen LogP contribution in [0.15, 0.2) is 18.2 Å². The van der Waals surface area contributed by atoms with E-state index >= 15 is 0 Å². The first-order chi connectivity index (χ1) is 9.17. The fraction of sp³-hybridized carbons (Fsp3) is 0.385. The smallest absolute Gasteiger partial charge is 0.409 e. The number of ether oxygens (including phenoxy) is 1. The molecule has 0 aliphatic carbocycles. The zero-order valence-corrected chi connectivity index (χ0v) is 11.5. The van der Waals surface area contributed by atoms with Crippen molar-refractivity contribution in [1.82, 2.24) is 5.32 Å². The van der Waals surface area contributed by atoms with Gasteiger partial charge in [-0.15, -0.1) is 0 Å². The first kappa shape index (κ1) is 15.7. The summed E-state index contributed by atoms with van der Waals surface area (Å²) in [6, 6.07) is 3.61. The minimum atomic E-state index is -1.31. The Morgan fingerprint density at radius 2 is 2.00 bits per heavy atom. The van der Waals surface area contributed by atoms with Crippen molar-refractivity contribution in [1.29, 1.82) is 0 Å². The molecular formula is C13H17FN2O4. The van der Waals surface area contributed by atoms with E-state index in [-0.39, 0.29) is 12.2 Å². The topological polar surface area (TPSA) is 87.7 Å². The van der Waals surface area contributed by atoms with Gasteiger partial charge in [0, 0.05) is 6.54 Å². The van der Waals surface area contributed by atoms with E-state index < -0.39 is 23.6 Å². The first-order valence-electron chi connectivity index (χ1n) is 5.92. The van der Waals surface area contributed by atoms with Crippen molar-refractivity contribution in [3.8, 4) is 0 Å². The molecule has 7 heteroatoms. The van der Waals surface area contributed by atoms with Gasteiger partial charge in [-0.1, -0.05) is 6.07 Å². The summed E-state index contributed by atoms with van der Waals surface area (Å²) in [5.74, 6) is -0.574. The largest absolute Gasteiger partial charge is 0.465 e. The Hall–Kier alpha value is -2.31. The fourth-order valence-electron chi connectivity index (χ4n) is 1.42. The summed E-state index contributed by atoms with van der Waals surface area (Å²) < 4.78 is 18.1. The average Bonchev–Trinajstić information content (AvgIpc) is 2.24. The van der Waals surface area contributed by atoms with Crippen molar-refractivity contribution < 1.29 is 23.8 Å². The van der Waals surface area contributed by atoms with Gasteiger partial charge in [0.2, 0.25) is 0 Å². The highest BCUT2D eigenvalue weighted by atomic mass is 19.1. The summed E-state index contributed by atoms with van der Waals surface area (Å²) in [4.78, 5) is 22.1. The Bertz CT molecular complexity index is 512. The van der Waals surface area contributed by atoms with Crippen LogP contribution in [0.25, 0.3) is 0 Å². The van der Waals surface area contributed by atoms with Crippen molar-refractivity contribution in [2.75, 3.05) is 5.32 Å². The number of nitrogens with one attached hydrogen (secondary N) is 2. The van der Waals surface area contributed by atoms with Gasteiger partial charge in [0.15, 0.2) is 0 Å². The molecule has 0 aliphatic heterocycles. The predicted molar refractivity (Wildman–Crippen MR) is 71.1 cm³/mol. The quantitative estimate of drug-likeness (QED) is 0.796. The van der Waals surface area contributed by atoms with Gasteiger partial charge in [0.05, 0.1) is 5.69 Å². The number of anilines is 1. The van der Waals surface area contributed by atoms with E-state index in [0.29, 0.717) is 5.56 Å². The van der Waals surface area contributed by atoms with E-state index in [1.165, 1.54) is 12.1 Å². The molecule has 0 saturated heterocycles. The zero-order chi connectivity index (χ0) is 15.3. The lowest BCUT2D eigenvalue weighted by Crippen LogP contribution is -2.32. The Labute approximate surface area is 115 Å². The maximum atomic E-state index is 13.1. The van der Waals surface area contributed by atoms with Crippen LogP contribution in [0.3, 0.4) is 0 Å². The highest BCUT2D eigenvalue weighted by Crippen LogP contribution is 2.17. The molecule has 6 nitrogen and oxygen atoms in total. The van der Waals surface area contributed by atoms with Crippen molar-refractivity contribution >= 4 is 17.9 Å². The van der Waals surface area contributed by atoms with E-state index in [4.69, 9.17) is 9.84 Å². The van der Waals surface area contributed by atoms with Crippen LogP contribution in [-0.4, -0.2) is 22.9 Å². The van der Waals surface area contributed by atoms with Crippen LogP contribution in [0, 0.1) is 5.82 Å². The molecule has 0 aliphatic rings. The second-order valence-corrected chi connectivity index (χ2v) is 5.09. The first-order valence-corrected chi connectivity index (χ1v) is 5.92. The van der Waals surface area contributed by atoms with E-state index in [9.17, 15) is 14.0 Å². The Morgan fingerprint density at radius 1 is 1.35 bits per heavy atom. The molecule has 0 aromatic heterocycles. The molecule has 0 atom stereocenters. The molecule has 2 amide bonds. The molecule has 0 radical (unpaired) electrons. The standard InChI is InChI=1S/C13H17FN2O4/c1-13(2,3)20-12(19)15-7-8-4-5-9(14)6-10(8)16-11(17)18/h4-6,16H,7H2,1-3H3,(H,15,19)(H,17,18). The third-order valence-electron chi connectivity index (χ3n) is 2.14. The van der Waals surface area contributed by atoms with Gasteiger partial charge in [-0.3, -0.25) is 5.32 Å². The summed E-state index contributed by atoms with van der Waals surface area (Å²) in [6.45, 7) is 5.19. The number of benzene rings is 1. The molecule has 1 rings (SSSR count). The minimum absolute atomic E-state index is 0.0187. The maximum absolute atomic E-state index is 13.1. The zero-order valence-electron chi connectivity index (χ0n) is 11.5. The van der Waals surface area contributed by atoms with Gasteiger partial charge in [-0.05, 0) is 38.5 Å². The monoisotopic (exact) mass is 284 g/mol. The van der Waals surface area contributed by atoms with Crippen LogP contribution in [0.5, 0.6) is 0 Å². The molecule has 1 aromatic rings. The van der Waals surface area contributed by atoms with Gasteiger partial charge in [-0.2, -0.15) is 0 Å². The number of amides is 2. The van der Waals surface area contributed by atoms with Crippen LogP contribution in [0.1, 0.15) is 26.3 Å². The fourth-order valence-corrected chi connectivity index (χ4v) is 1.42. The van der Waals surface area contributed by atoms with Crippen molar-refractivity contribution in [2.45, 2.75) is 32.9 Å². The molecule has 0 fully saturated rings. The number of rotatable bonds is 3. The molecule has 110 valence electrons. The lowest BCUT2D eigenvalue weighted by Gasteiger charge is -2.20. The lowest BCUT2D eigenvalue weighted by molar-refractivity contribution is 0.0523. The van der Waals surface area contributed by atoms with Gasteiger partial charge in [0.25, 0.3) is 0 Å². The molecule has 0 spiro atoms. The van der Waals surface area contributed by atoms with Gasteiger partial charge >= 0.3 is 12.2 Å². The van der Waals surface area contributed by atoms with Crippen LogP contribution in [-0.2, 0) is 11.3 Å². The Morgan fingerprint density at radius 3 is 2.55 bits per heavy atom. The van der Waals surface area contributed by atoms with Gasteiger partial charge < -0.3 is 15.2 Å². The number of halogens is 1. The second kappa shape index (κ2) is 6.23. The molecule has 0 saturated carbocycles. The summed E-state index contributed by atoms with van der Waals surface area (Å²) >= 11 is 0. The Balaban J connectivity index is 2.72. The van der Waals surface area contributed by atoms with Crippen molar-refractivity contribution in [2.24, 2.45) is 0 Å². The molecule has 1 aromatic carbocycles. The average molecular weight is 284 g/mol. The van der Waals surface area contributed by atoms with Crippen LogP contribution in [0.4, 0.5) is 19.7 Å². The van der Waals surface area contributed by atoms with E-state index in [1.54, 1.807) is 20.8 Å². The molecule has 3 N–H and O–H groups in total. The van der Waals surface area contributed by atoms with Crippen LogP contribution < -0.4 is 10.6 Å². The highest BCUT2D eigenvalue weighted by molar-refractivity contribution is 5.84. The highest BCUT2D eigenvalue weighted by Gasteiger charge is 2.16. The van der Waals surface area contributed by atoms with E-state index in [0.717, 1.165) is 6.07 Å². The summed E-state index contributed by atoms with van der Waals surface area (Å²) in [6.07, 6.45) is -1.95. The number of carboxylic acid groups (broad SMARTS) is 1. The molecule has 20 heavy (non-hydrogen) atoms. The molecule has 0 bridgehead atoms. The SMILES string of the molecule is CC(C)(C)OC(=O)NCc1ccc(F)cc1NC(=O)O. The number of carbonyl (C=O) groups is 2. The predicted octanol–water partition coefficient (Wildman–Crippen LogP) is 2.94. The minimum Gasteiger partial charge on any atom is -0.465 e. The van der Waals surface area contributed by atoms with Crippen LogP contribution in [0.2, 0.25) is 0 Å². The number of hydrogen-bond donors (Lipinski definition) is 3. The van der Waals surface area contributed by atoms with Gasteiger partial charge in [0.1, 0.15) is 11.4 Å². The summed E-state index contributed by atoms with van der Waals surface area (Å²) in [5, 5.41) is 13.2. The van der Waals surface area contributed by atoms with Crippen LogP contribution >= 0.6 is 0 Å². The summed E-state index contributed by atoms with van der Waals surface area (Å²) in [7, 11) is 0. The number of carbonyl (C=O) groups excluding carboxylic acids is 1. The molecule has 0 heterocycles. The molecule has 0 unspecified atom stereocenters. The number of alkyl carbamates (subject to hydrolysis) is 1. The maximum Gasteiger partial charge on any atom is 0.409 e. The normalized spacial score (nSPS) is 10.8. The van der Waals surface area contributed by atoms with Crippen molar-refractivity contribution in [3.63, 3.8) is 0 Å². The van der Waals surface area contributed by atoms with E-state index in [1.807, 2.05) is 0 Å². The summed E-state index contributed by atoms with van der Waals surface area (Å²) in [5.41, 5.74) is -0.122. The second-order valence-electron chi connectivity index (χ2n) is 5.09. The third-order valence-corrected chi connectivity index (χ3v) is 2.14. The molecular weight excluding hydrogens is 267 g/mol.